The smallest absolute Gasteiger partial charge is 0.123 e. The third-order valence-corrected chi connectivity index (χ3v) is 5.00. The van der Waals surface area contributed by atoms with Crippen LogP contribution in [0.1, 0.15) is 58.2 Å². The van der Waals surface area contributed by atoms with Crippen LogP contribution in [0.5, 0.6) is 0 Å². The summed E-state index contributed by atoms with van der Waals surface area (Å²) in [5.74, 6) is 2.69. The van der Waals surface area contributed by atoms with Gasteiger partial charge in [0.1, 0.15) is 3.70 Å². The minimum atomic E-state index is 0.489. The van der Waals surface area contributed by atoms with Crippen molar-refractivity contribution in [1.82, 2.24) is 9.78 Å². The summed E-state index contributed by atoms with van der Waals surface area (Å²) in [4.78, 5) is 0. The molecule has 3 heteroatoms. The van der Waals surface area contributed by atoms with Gasteiger partial charge in [0.05, 0.1) is 0 Å². The Labute approximate surface area is 117 Å². The van der Waals surface area contributed by atoms with Gasteiger partial charge in [-0.3, -0.25) is 4.68 Å². The van der Waals surface area contributed by atoms with Crippen LogP contribution in [0, 0.1) is 21.0 Å². The van der Waals surface area contributed by atoms with E-state index >= 15 is 0 Å². The van der Waals surface area contributed by atoms with Crippen molar-refractivity contribution in [3.8, 4) is 0 Å². The Balaban J connectivity index is 1.85. The molecule has 17 heavy (non-hydrogen) atoms. The van der Waals surface area contributed by atoms with Gasteiger partial charge in [0, 0.05) is 17.7 Å². The Morgan fingerprint density at radius 3 is 2.47 bits per heavy atom. The summed E-state index contributed by atoms with van der Waals surface area (Å²) in [6.07, 6.45) is 2.81. The Morgan fingerprint density at radius 1 is 1.35 bits per heavy atom. The van der Waals surface area contributed by atoms with Crippen molar-refractivity contribution in [3.63, 3.8) is 0 Å². The number of hydrogen-bond acceptors (Lipinski definition) is 1. The fourth-order valence-electron chi connectivity index (χ4n) is 3.84. The van der Waals surface area contributed by atoms with Gasteiger partial charge in [-0.2, -0.15) is 5.10 Å². The maximum atomic E-state index is 4.64. The van der Waals surface area contributed by atoms with E-state index in [0.29, 0.717) is 11.5 Å². The molecule has 2 aliphatic rings. The molecule has 1 heterocycles. The number of halogens is 1. The highest BCUT2D eigenvalue weighted by molar-refractivity contribution is 14.1. The van der Waals surface area contributed by atoms with E-state index in [1.165, 1.54) is 18.5 Å². The maximum absolute atomic E-state index is 4.64. The van der Waals surface area contributed by atoms with Crippen LogP contribution >= 0.6 is 22.6 Å². The van der Waals surface area contributed by atoms with Crippen molar-refractivity contribution in [1.29, 1.82) is 0 Å². The lowest BCUT2D eigenvalue weighted by Crippen LogP contribution is -2.12. The van der Waals surface area contributed by atoms with Crippen molar-refractivity contribution < 1.29 is 0 Å². The number of rotatable bonds is 2. The maximum Gasteiger partial charge on any atom is 0.123 e. The van der Waals surface area contributed by atoms with E-state index in [1.54, 1.807) is 0 Å². The van der Waals surface area contributed by atoms with E-state index in [2.05, 4.69) is 66.1 Å². The second-order valence-corrected chi connectivity index (χ2v) is 7.96. The molecule has 94 valence electrons. The van der Waals surface area contributed by atoms with Crippen molar-refractivity contribution in [3.05, 3.63) is 15.5 Å². The number of aromatic nitrogens is 2. The van der Waals surface area contributed by atoms with Crippen molar-refractivity contribution in [2.45, 2.75) is 52.5 Å². The molecule has 0 saturated heterocycles. The Bertz CT molecular complexity index is 433. The van der Waals surface area contributed by atoms with E-state index in [0.717, 1.165) is 21.5 Å². The standard InChI is InChI=1S/C14H21IN2/c1-8(2)17-11(5-12(15)16-17)13-9-6-14(3,4)7-10(9)13/h5,8-10,13H,6-7H2,1-4H3/t9-,10+,13?. The van der Waals surface area contributed by atoms with Crippen LogP contribution in [0.4, 0.5) is 0 Å². The lowest BCUT2D eigenvalue weighted by Gasteiger charge is -2.21. The number of fused-ring (bicyclic) bond motifs is 1. The van der Waals surface area contributed by atoms with Crippen molar-refractivity contribution in [2.24, 2.45) is 17.3 Å². The average molecular weight is 344 g/mol. The quantitative estimate of drug-likeness (QED) is 0.735. The van der Waals surface area contributed by atoms with Crippen LogP contribution in [0.25, 0.3) is 0 Å². The second kappa shape index (κ2) is 3.72. The molecule has 2 saturated carbocycles. The van der Waals surface area contributed by atoms with Gasteiger partial charge in [0.25, 0.3) is 0 Å². The van der Waals surface area contributed by atoms with Gasteiger partial charge in [0.15, 0.2) is 0 Å². The summed E-state index contributed by atoms with van der Waals surface area (Å²) in [6.45, 7) is 9.29. The first kappa shape index (κ1) is 12.0. The molecule has 1 unspecified atom stereocenters. The van der Waals surface area contributed by atoms with Gasteiger partial charge in [-0.25, -0.2) is 0 Å². The summed E-state index contributed by atoms with van der Waals surface area (Å²) >= 11 is 2.34. The SMILES string of the molecule is CC(C)n1nc(I)cc1C1[C@H]2CC(C)(C)C[C@@H]12. The van der Waals surface area contributed by atoms with Gasteiger partial charge >= 0.3 is 0 Å². The number of nitrogens with zero attached hydrogens (tertiary/aromatic N) is 2. The Kier molecular flexibility index (Phi) is 2.62. The Morgan fingerprint density at radius 2 is 1.94 bits per heavy atom. The minimum Gasteiger partial charge on any atom is -0.266 e. The molecule has 2 nitrogen and oxygen atoms in total. The molecule has 3 rings (SSSR count). The lowest BCUT2D eigenvalue weighted by atomic mass is 9.85. The summed E-state index contributed by atoms with van der Waals surface area (Å²) in [5.41, 5.74) is 2.08. The molecular weight excluding hydrogens is 323 g/mol. The van der Waals surface area contributed by atoms with Crippen LogP contribution in [-0.4, -0.2) is 9.78 Å². The zero-order valence-corrected chi connectivity index (χ0v) is 13.2. The average Bonchev–Trinajstić information content (AvgIpc) is 2.57. The summed E-state index contributed by atoms with van der Waals surface area (Å²) < 4.78 is 3.40. The van der Waals surface area contributed by atoms with E-state index in [9.17, 15) is 0 Å². The van der Waals surface area contributed by atoms with Crippen LogP contribution in [0.2, 0.25) is 0 Å². The van der Waals surface area contributed by atoms with Gasteiger partial charge in [-0.05, 0) is 72.6 Å². The van der Waals surface area contributed by atoms with Gasteiger partial charge in [0.2, 0.25) is 0 Å². The molecule has 2 aliphatic carbocycles. The lowest BCUT2D eigenvalue weighted by molar-refractivity contribution is 0.324. The molecule has 0 bridgehead atoms. The van der Waals surface area contributed by atoms with E-state index in [4.69, 9.17) is 0 Å². The van der Waals surface area contributed by atoms with Gasteiger partial charge < -0.3 is 0 Å². The predicted octanol–water partition coefficient (Wildman–Crippen LogP) is 4.22. The highest BCUT2D eigenvalue weighted by atomic mass is 127. The predicted molar refractivity (Wildman–Crippen MR) is 78.1 cm³/mol. The molecule has 0 N–H and O–H groups in total. The third-order valence-electron chi connectivity index (χ3n) is 4.47. The first-order chi connectivity index (χ1) is 7.89. The minimum absolute atomic E-state index is 0.489. The highest BCUT2D eigenvalue weighted by Crippen LogP contribution is 2.68. The second-order valence-electron chi connectivity index (χ2n) is 6.86. The van der Waals surface area contributed by atoms with Crippen molar-refractivity contribution in [2.75, 3.05) is 0 Å². The first-order valence-corrected chi connectivity index (χ1v) is 7.72. The molecule has 0 radical (unpaired) electrons. The molecule has 1 aromatic rings. The molecule has 2 fully saturated rings. The fourth-order valence-corrected chi connectivity index (χ4v) is 4.39. The largest absolute Gasteiger partial charge is 0.266 e. The monoisotopic (exact) mass is 344 g/mol. The summed E-state index contributed by atoms with van der Waals surface area (Å²) in [5, 5.41) is 4.64. The normalized spacial score (nSPS) is 34.1. The first-order valence-electron chi connectivity index (χ1n) is 6.64. The molecule has 0 amide bonds. The zero-order chi connectivity index (χ0) is 12.4. The molecule has 0 spiro atoms. The van der Waals surface area contributed by atoms with Crippen LogP contribution in [0.3, 0.4) is 0 Å². The zero-order valence-electron chi connectivity index (χ0n) is 11.1. The highest BCUT2D eigenvalue weighted by Gasteiger charge is 2.59. The van der Waals surface area contributed by atoms with E-state index in [1.807, 2.05) is 0 Å². The van der Waals surface area contributed by atoms with Crippen LogP contribution in [-0.2, 0) is 0 Å². The Hall–Kier alpha value is -0.0600. The molecule has 3 atom stereocenters. The van der Waals surface area contributed by atoms with Crippen LogP contribution < -0.4 is 0 Å². The number of hydrogen-bond donors (Lipinski definition) is 0. The molecule has 0 aliphatic heterocycles. The summed E-state index contributed by atoms with van der Waals surface area (Å²) in [6, 6.07) is 2.79. The molecular formula is C14H21IN2. The fraction of sp³-hybridized carbons (Fsp3) is 0.786. The van der Waals surface area contributed by atoms with E-state index < -0.39 is 0 Å². The van der Waals surface area contributed by atoms with E-state index in [-0.39, 0.29) is 0 Å². The van der Waals surface area contributed by atoms with Crippen LogP contribution in [0.15, 0.2) is 6.07 Å². The third kappa shape index (κ3) is 1.94. The van der Waals surface area contributed by atoms with Gasteiger partial charge in [-0.1, -0.05) is 13.8 Å². The van der Waals surface area contributed by atoms with Gasteiger partial charge in [-0.15, -0.1) is 0 Å². The molecule has 0 aromatic carbocycles. The summed E-state index contributed by atoms with van der Waals surface area (Å²) in [7, 11) is 0. The molecule has 1 aromatic heterocycles. The topological polar surface area (TPSA) is 17.8 Å². The van der Waals surface area contributed by atoms with Crippen molar-refractivity contribution >= 4 is 22.6 Å².